The van der Waals surface area contributed by atoms with Crippen molar-refractivity contribution in [1.29, 1.82) is 0 Å². The van der Waals surface area contributed by atoms with Gasteiger partial charge >= 0.3 is 0 Å². The van der Waals surface area contributed by atoms with E-state index < -0.39 is 0 Å². The van der Waals surface area contributed by atoms with Crippen LogP contribution in [-0.4, -0.2) is 22.7 Å². The van der Waals surface area contributed by atoms with Crippen molar-refractivity contribution in [2.75, 3.05) is 11.4 Å². The van der Waals surface area contributed by atoms with Gasteiger partial charge in [0.25, 0.3) is 0 Å². The molecular weight excluding hydrogens is 256 g/mol. The van der Waals surface area contributed by atoms with Crippen LogP contribution >= 0.6 is 11.3 Å². The number of hydrogen-bond donors (Lipinski definition) is 1. The number of thiazole rings is 1. The fourth-order valence-corrected chi connectivity index (χ4v) is 4.74. The largest absolute Gasteiger partial charge is 0.387 e. The van der Waals surface area contributed by atoms with Gasteiger partial charge in [0, 0.05) is 17.5 Å². The molecule has 2 aliphatic rings. The van der Waals surface area contributed by atoms with E-state index in [1.165, 1.54) is 37.0 Å². The third-order valence-corrected chi connectivity index (χ3v) is 5.68. The molecule has 1 heterocycles. The summed E-state index contributed by atoms with van der Waals surface area (Å²) in [4.78, 5) is 8.58. The lowest BCUT2D eigenvalue weighted by Crippen LogP contribution is -2.36. The Kier molecular flexibility index (Phi) is 4.08. The molecule has 1 fully saturated rings. The molecule has 3 rings (SSSR count). The SMILES string of the molecule is CCN(c1nc2c(s1)CCCC2O)C1CCCCC1. The quantitative estimate of drug-likeness (QED) is 0.917. The minimum atomic E-state index is -0.321. The number of aliphatic hydroxyl groups is 1. The fraction of sp³-hybridized carbons (Fsp3) is 0.800. The zero-order chi connectivity index (χ0) is 13.2. The van der Waals surface area contributed by atoms with Crippen LogP contribution in [0.3, 0.4) is 0 Å². The molecule has 1 N–H and O–H groups in total. The van der Waals surface area contributed by atoms with Gasteiger partial charge in [-0.05, 0) is 39.0 Å². The Morgan fingerprint density at radius 3 is 2.68 bits per heavy atom. The Balaban J connectivity index is 1.83. The van der Waals surface area contributed by atoms with Crippen molar-refractivity contribution in [2.24, 2.45) is 0 Å². The maximum absolute atomic E-state index is 10.1. The second-order valence-electron chi connectivity index (χ2n) is 5.79. The van der Waals surface area contributed by atoms with Gasteiger partial charge in [0.15, 0.2) is 5.13 Å². The van der Waals surface area contributed by atoms with Gasteiger partial charge in [-0.15, -0.1) is 11.3 Å². The summed E-state index contributed by atoms with van der Waals surface area (Å²) in [6, 6.07) is 0.670. The summed E-state index contributed by atoms with van der Waals surface area (Å²) in [6.45, 7) is 3.26. The molecule has 0 amide bonds. The predicted octanol–water partition coefficient (Wildman–Crippen LogP) is 3.67. The van der Waals surface area contributed by atoms with E-state index in [-0.39, 0.29) is 6.10 Å². The molecule has 1 atom stereocenters. The van der Waals surface area contributed by atoms with Crippen molar-refractivity contribution >= 4 is 16.5 Å². The normalized spacial score (nSPS) is 24.2. The van der Waals surface area contributed by atoms with Gasteiger partial charge in [-0.1, -0.05) is 19.3 Å². The first-order valence-electron chi connectivity index (χ1n) is 7.74. The summed E-state index contributed by atoms with van der Waals surface area (Å²) in [5, 5.41) is 11.2. The highest BCUT2D eigenvalue weighted by Crippen LogP contribution is 2.38. The molecule has 3 nitrogen and oxygen atoms in total. The van der Waals surface area contributed by atoms with Crippen LogP contribution in [0.15, 0.2) is 0 Å². The topological polar surface area (TPSA) is 36.4 Å². The number of rotatable bonds is 3. The van der Waals surface area contributed by atoms with Crippen LogP contribution in [0.2, 0.25) is 0 Å². The average molecular weight is 280 g/mol. The van der Waals surface area contributed by atoms with E-state index in [0.29, 0.717) is 6.04 Å². The van der Waals surface area contributed by atoms with Crippen LogP contribution in [0.1, 0.15) is 68.5 Å². The Labute approximate surface area is 119 Å². The van der Waals surface area contributed by atoms with Crippen molar-refractivity contribution in [3.8, 4) is 0 Å². The maximum Gasteiger partial charge on any atom is 0.186 e. The second kappa shape index (κ2) is 5.80. The molecule has 1 aromatic heterocycles. The lowest BCUT2D eigenvalue weighted by Gasteiger charge is -2.33. The zero-order valence-corrected chi connectivity index (χ0v) is 12.6. The Hall–Kier alpha value is -0.610. The highest BCUT2D eigenvalue weighted by atomic mass is 32.1. The van der Waals surface area contributed by atoms with Gasteiger partial charge in [0.05, 0.1) is 11.8 Å². The Morgan fingerprint density at radius 2 is 2.00 bits per heavy atom. The standard InChI is InChI=1S/C15H24N2OS/c1-2-17(11-7-4-3-5-8-11)15-16-14-12(18)9-6-10-13(14)19-15/h11-12,18H,2-10H2,1H3. The van der Waals surface area contributed by atoms with Gasteiger partial charge in [0.2, 0.25) is 0 Å². The molecule has 0 aromatic carbocycles. The van der Waals surface area contributed by atoms with Crippen molar-refractivity contribution in [3.05, 3.63) is 10.6 Å². The highest BCUT2D eigenvalue weighted by Gasteiger charge is 2.27. The van der Waals surface area contributed by atoms with Crippen LogP contribution in [-0.2, 0) is 6.42 Å². The smallest absolute Gasteiger partial charge is 0.186 e. The number of hydrogen-bond acceptors (Lipinski definition) is 4. The van der Waals surface area contributed by atoms with E-state index in [1.54, 1.807) is 0 Å². The fourth-order valence-electron chi connectivity index (χ4n) is 3.45. The Morgan fingerprint density at radius 1 is 1.21 bits per heavy atom. The van der Waals surface area contributed by atoms with Crippen LogP contribution < -0.4 is 4.90 Å². The number of anilines is 1. The van der Waals surface area contributed by atoms with Gasteiger partial charge in [-0.2, -0.15) is 0 Å². The maximum atomic E-state index is 10.1. The van der Waals surface area contributed by atoms with E-state index in [9.17, 15) is 5.11 Å². The number of aryl methyl sites for hydroxylation is 1. The first-order valence-corrected chi connectivity index (χ1v) is 8.55. The molecule has 1 unspecified atom stereocenters. The molecular formula is C15H24N2OS. The van der Waals surface area contributed by atoms with Crippen molar-refractivity contribution < 1.29 is 5.11 Å². The summed E-state index contributed by atoms with van der Waals surface area (Å²) in [5.74, 6) is 0. The van der Waals surface area contributed by atoms with E-state index in [0.717, 1.165) is 36.6 Å². The number of aliphatic hydroxyl groups excluding tert-OH is 1. The van der Waals surface area contributed by atoms with Gasteiger partial charge in [0.1, 0.15) is 0 Å². The molecule has 0 bridgehead atoms. The van der Waals surface area contributed by atoms with Crippen LogP contribution in [0.4, 0.5) is 5.13 Å². The van der Waals surface area contributed by atoms with Crippen molar-refractivity contribution in [1.82, 2.24) is 4.98 Å². The molecule has 0 saturated heterocycles. The molecule has 19 heavy (non-hydrogen) atoms. The van der Waals surface area contributed by atoms with Crippen molar-refractivity contribution in [3.63, 3.8) is 0 Å². The van der Waals surface area contributed by atoms with Gasteiger partial charge < -0.3 is 10.0 Å². The third-order valence-electron chi connectivity index (χ3n) is 4.52. The summed E-state index contributed by atoms with van der Waals surface area (Å²) in [7, 11) is 0. The van der Waals surface area contributed by atoms with Crippen LogP contribution in [0.25, 0.3) is 0 Å². The lowest BCUT2D eigenvalue weighted by molar-refractivity contribution is 0.153. The summed E-state index contributed by atoms with van der Waals surface area (Å²) in [5.41, 5.74) is 0.973. The van der Waals surface area contributed by atoms with E-state index in [4.69, 9.17) is 4.98 Å². The molecule has 1 saturated carbocycles. The van der Waals surface area contributed by atoms with Gasteiger partial charge in [-0.25, -0.2) is 4.98 Å². The highest BCUT2D eigenvalue weighted by molar-refractivity contribution is 7.15. The monoisotopic (exact) mass is 280 g/mol. The average Bonchev–Trinajstić information content (AvgIpc) is 2.86. The second-order valence-corrected chi connectivity index (χ2v) is 6.85. The van der Waals surface area contributed by atoms with E-state index in [1.807, 2.05) is 11.3 Å². The van der Waals surface area contributed by atoms with E-state index in [2.05, 4.69) is 11.8 Å². The van der Waals surface area contributed by atoms with Crippen molar-refractivity contribution in [2.45, 2.75) is 70.4 Å². The molecule has 4 heteroatoms. The summed E-state index contributed by atoms with van der Waals surface area (Å²) >= 11 is 1.82. The summed E-state index contributed by atoms with van der Waals surface area (Å²) in [6.07, 6.45) is 9.48. The molecule has 0 aliphatic heterocycles. The number of nitrogens with zero attached hydrogens (tertiary/aromatic N) is 2. The summed E-state index contributed by atoms with van der Waals surface area (Å²) < 4.78 is 0. The van der Waals surface area contributed by atoms with Gasteiger partial charge in [-0.3, -0.25) is 0 Å². The molecule has 106 valence electrons. The number of aromatic nitrogens is 1. The first-order chi connectivity index (χ1) is 9.29. The molecule has 0 radical (unpaired) electrons. The van der Waals surface area contributed by atoms with E-state index >= 15 is 0 Å². The first kappa shape index (κ1) is 13.4. The zero-order valence-electron chi connectivity index (χ0n) is 11.8. The van der Waals surface area contributed by atoms with Crippen LogP contribution in [0.5, 0.6) is 0 Å². The Bertz CT molecular complexity index is 426. The minimum absolute atomic E-state index is 0.321. The molecule has 0 spiro atoms. The number of fused-ring (bicyclic) bond motifs is 1. The predicted molar refractivity (Wildman–Crippen MR) is 79.9 cm³/mol. The van der Waals surface area contributed by atoms with Crippen LogP contribution in [0, 0.1) is 0 Å². The minimum Gasteiger partial charge on any atom is -0.387 e. The molecule has 2 aliphatic carbocycles. The lowest BCUT2D eigenvalue weighted by atomic mass is 9.94. The molecule has 1 aromatic rings. The third kappa shape index (κ3) is 2.65.